The van der Waals surface area contributed by atoms with Gasteiger partial charge in [-0.05, 0) is 36.5 Å². The zero-order chi connectivity index (χ0) is 20.8. The fourth-order valence-electron chi connectivity index (χ4n) is 5.36. The standard InChI is InChI=1S/C23H19N5O/c1-2-11-28-19-10-6-5-9-18(19)23(21(28)29)17-8-4-3-7-15(17)16(12-24)20(27)22(23,13-25)14-26/h2,5-7,9-10,17H,1,3-4,8,11,27H2/t17-,23-/m0/s1. The summed E-state index contributed by atoms with van der Waals surface area (Å²) in [6.45, 7) is 4.01. The van der Waals surface area contributed by atoms with Crippen LogP contribution in [0.4, 0.5) is 5.69 Å². The molecule has 0 bridgehead atoms. The molecule has 6 heteroatoms. The predicted molar refractivity (Wildman–Crippen MR) is 107 cm³/mol. The van der Waals surface area contributed by atoms with Crippen LogP contribution in [0.25, 0.3) is 0 Å². The number of rotatable bonds is 2. The van der Waals surface area contributed by atoms with E-state index in [2.05, 4.69) is 24.8 Å². The van der Waals surface area contributed by atoms with Crippen LogP contribution in [0.3, 0.4) is 0 Å². The Balaban J connectivity index is 2.19. The largest absolute Gasteiger partial charge is 0.399 e. The minimum absolute atomic E-state index is 0.127. The maximum absolute atomic E-state index is 14.0. The van der Waals surface area contributed by atoms with Crippen LogP contribution in [-0.2, 0) is 10.2 Å². The van der Waals surface area contributed by atoms with Gasteiger partial charge in [-0.2, -0.15) is 15.8 Å². The molecule has 6 nitrogen and oxygen atoms in total. The van der Waals surface area contributed by atoms with E-state index in [0.29, 0.717) is 23.2 Å². The van der Waals surface area contributed by atoms with Crippen molar-refractivity contribution in [2.24, 2.45) is 17.1 Å². The Morgan fingerprint density at radius 1 is 1.28 bits per heavy atom. The maximum Gasteiger partial charge on any atom is 0.241 e. The second-order valence-electron chi connectivity index (χ2n) is 7.55. The first kappa shape index (κ1) is 18.5. The van der Waals surface area contributed by atoms with Crippen molar-refractivity contribution in [3.63, 3.8) is 0 Å². The highest BCUT2D eigenvalue weighted by Gasteiger charge is 2.72. The Bertz CT molecular complexity index is 1110. The molecule has 0 saturated heterocycles. The van der Waals surface area contributed by atoms with Gasteiger partial charge in [-0.25, -0.2) is 0 Å². The molecule has 0 aromatic heterocycles. The van der Waals surface area contributed by atoms with Gasteiger partial charge in [0.25, 0.3) is 0 Å². The highest BCUT2D eigenvalue weighted by atomic mass is 16.2. The van der Waals surface area contributed by atoms with Crippen molar-refractivity contribution in [2.75, 3.05) is 11.4 Å². The lowest BCUT2D eigenvalue weighted by Gasteiger charge is -2.49. The summed E-state index contributed by atoms with van der Waals surface area (Å²) >= 11 is 0. The summed E-state index contributed by atoms with van der Waals surface area (Å²) in [5.41, 5.74) is 4.90. The molecule has 29 heavy (non-hydrogen) atoms. The zero-order valence-electron chi connectivity index (χ0n) is 15.9. The van der Waals surface area contributed by atoms with E-state index in [9.17, 15) is 20.6 Å². The topological polar surface area (TPSA) is 118 Å². The highest BCUT2D eigenvalue weighted by Crippen LogP contribution is 2.64. The molecule has 1 aromatic rings. The van der Waals surface area contributed by atoms with Gasteiger partial charge in [-0.15, -0.1) is 6.58 Å². The molecule has 0 saturated carbocycles. The minimum atomic E-state index is -1.97. The number of para-hydroxylation sites is 1. The zero-order valence-corrected chi connectivity index (χ0v) is 15.9. The molecule has 1 amide bonds. The summed E-state index contributed by atoms with van der Waals surface area (Å²) in [5.74, 6) is -0.805. The number of carbonyl (C=O) groups is 1. The Morgan fingerprint density at radius 3 is 2.66 bits per heavy atom. The fraction of sp³-hybridized carbons (Fsp3) is 0.304. The first-order chi connectivity index (χ1) is 14.0. The van der Waals surface area contributed by atoms with Crippen LogP contribution in [-0.4, -0.2) is 12.5 Å². The van der Waals surface area contributed by atoms with Gasteiger partial charge >= 0.3 is 0 Å². The average molecular weight is 381 g/mol. The number of hydrogen-bond acceptors (Lipinski definition) is 5. The van der Waals surface area contributed by atoms with Crippen LogP contribution in [0, 0.1) is 45.3 Å². The maximum atomic E-state index is 14.0. The number of anilines is 1. The van der Waals surface area contributed by atoms with Gasteiger partial charge in [0.1, 0.15) is 11.5 Å². The number of carbonyl (C=O) groups excluding carboxylic acids is 1. The number of fused-ring (bicyclic) bond motifs is 4. The molecule has 2 aliphatic carbocycles. The van der Waals surface area contributed by atoms with E-state index < -0.39 is 16.7 Å². The van der Waals surface area contributed by atoms with Crippen molar-refractivity contribution in [3.05, 3.63) is 65.4 Å². The lowest BCUT2D eigenvalue weighted by atomic mass is 9.47. The van der Waals surface area contributed by atoms with Crippen molar-refractivity contribution in [1.29, 1.82) is 15.8 Å². The van der Waals surface area contributed by atoms with E-state index in [-0.39, 0.29) is 23.7 Å². The molecule has 2 atom stereocenters. The second kappa shape index (κ2) is 6.36. The Labute approximate surface area is 169 Å². The number of nitrogens with zero attached hydrogens (tertiary/aromatic N) is 4. The quantitative estimate of drug-likeness (QED) is 0.790. The molecule has 0 fully saturated rings. The summed E-state index contributed by atoms with van der Waals surface area (Å²) in [7, 11) is 0. The van der Waals surface area contributed by atoms with Crippen molar-refractivity contribution in [2.45, 2.75) is 24.7 Å². The second-order valence-corrected chi connectivity index (χ2v) is 7.55. The Morgan fingerprint density at radius 2 is 2.00 bits per heavy atom. The molecule has 2 N–H and O–H groups in total. The molecular weight excluding hydrogens is 362 g/mol. The lowest BCUT2D eigenvalue weighted by Crippen LogP contribution is -2.61. The molecule has 0 radical (unpaired) electrons. The van der Waals surface area contributed by atoms with Crippen molar-refractivity contribution >= 4 is 11.6 Å². The summed E-state index contributed by atoms with van der Waals surface area (Å²) in [6, 6.07) is 13.5. The fourth-order valence-corrected chi connectivity index (χ4v) is 5.36. The normalized spacial score (nSPS) is 26.7. The van der Waals surface area contributed by atoms with Gasteiger partial charge in [-0.1, -0.05) is 30.4 Å². The van der Waals surface area contributed by atoms with Gasteiger partial charge in [0.05, 0.1) is 23.4 Å². The third-order valence-electron chi connectivity index (χ3n) is 6.47. The molecular formula is C23H19N5O. The van der Waals surface area contributed by atoms with E-state index in [0.717, 1.165) is 12.8 Å². The summed E-state index contributed by atoms with van der Waals surface area (Å²) in [4.78, 5) is 15.6. The molecule has 0 unspecified atom stereocenters. The highest BCUT2D eigenvalue weighted by molar-refractivity contribution is 6.11. The number of amides is 1. The number of nitriles is 3. The molecule has 1 spiro atoms. The van der Waals surface area contributed by atoms with Gasteiger partial charge in [0, 0.05) is 18.2 Å². The van der Waals surface area contributed by atoms with E-state index in [4.69, 9.17) is 5.73 Å². The third-order valence-corrected chi connectivity index (χ3v) is 6.47. The molecule has 1 aromatic carbocycles. The first-order valence-corrected chi connectivity index (χ1v) is 9.50. The molecule has 142 valence electrons. The van der Waals surface area contributed by atoms with E-state index in [1.54, 1.807) is 23.1 Å². The molecule has 1 aliphatic heterocycles. The molecule has 1 heterocycles. The van der Waals surface area contributed by atoms with Gasteiger partial charge in [0.2, 0.25) is 11.3 Å². The van der Waals surface area contributed by atoms with Crippen LogP contribution in [0.5, 0.6) is 0 Å². The first-order valence-electron chi connectivity index (χ1n) is 9.50. The number of allylic oxidation sites excluding steroid dienone is 4. The number of nitrogens with two attached hydrogens (primary N) is 1. The summed E-state index contributed by atoms with van der Waals surface area (Å²) < 4.78 is 0. The lowest BCUT2D eigenvalue weighted by molar-refractivity contribution is -0.127. The van der Waals surface area contributed by atoms with Crippen molar-refractivity contribution < 1.29 is 4.79 Å². The average Bonchev–Trinajstić information content (AvgIpc) is 3.00. The Kier molecular flexibility index (Phi) is 4.07. The van der Waals surface area contributed by atoms with Crippen LogP contribution < -0.4 is 10.6 Å². The van der Waals surface area contributed by atoms with Crippen molar-refractivity contribution in [3.8, 4) is 18.2 Å². The Hall–Kier alpha value is -3.82. The van der Waals surface area contributed by atoms with Crippen LogP contribution in [0.2, 0.25) is 0 Å². The van der Waals surface area contributed by atoms with Gasteiger partial charge in [0.15, 0.2) is 0 Å². The van der Waals surface area contributed by atoms with Crippen LogP contribution >= 0.6 is 0 Å². The monoisotopic (exact) mass is 381 g/mol. The molecule has 4 rings (SSSR count). The minimum Gasteiger partial charge on any atom is -0.399 e. The van der Waals surface area contributed by atoms with Crippen molar-refractivity contribution in [1.82, 2.24) is 0 Å². The third kappa shape index (κ3) is 1.95. The predicted octanol–water partition coefficient (Wildman–Crippen LogP) is 2.97. The summed E-state index contributed by atoms with van der Waals surface area (Å²) in [5, 5.41) is 30.4. The van der Waals surface area contributed by atoms with Crippen LogP contribution in [0.15, 0.2) is 59.8 Å². The van der Waals surface area contributed by atoms with E-state index in [1.165, 1.54) is 0 Å². The van der Waals surface area contributed by atoms with Crippen LogP contribution in [0.1, 0.15) is 24.8 Å². The van der Waals surface area contributed by atoms with E-state index >= 15 is 0 Å². The van der Waals surface area contributed by atoms with Gasteiger partial charge in [-0.3, -0.25) is 4.79 Å². The van der Waals surface area contributed by atoms with E-state index in [1.807, 2.05) is 18.2 Å². The smallest absolute Gasteiger partial charge is 0.241 e. The number of hydrogen-bond donors (Lipinski definition) is 1. The number of benzene rings is 1. The molecule has 3 aliphatic rings. The summed E-state index contributed by atoms with van der Waals surface area (Å²) in [6.07, 6.45) is 5.72. The van der Waals surface area contributed by atoms with Gasteiger partial charge < -0.3 is 10.6 Å². The SMILES string of the molecule is C=CCN1C(=O)[C@@]2(c3ccccc31)[C@H]1CCCC=C1C(C#N)=C(N)C2(C#N)C#N.